The molecule has 0 unspecified atom stereocenters. The smallest absolute Gasteiger partial charge is 0.339 e. The molecule has 0 aliphatic carbocycles. The number of carboxylic acids is 1. The molecule has 8 heteroatoms. The van der Waals surface area contributed by atoms with Crippen molar-refractivity contribution in [1.82, 2.24) is 20.1 Å². The first-order chi connectivity index (χ1) is 9.99. The molecule has 0 aliphatic rings. The molecule has 0 atom stereocenters. The van der Waals surface area contributed by atoms with Crippen LogP contribution in [0.4, 0.5) is 5.69 Å². The Hall–Kier alpha value is -2.64. The van der Waals surface area contributed by atoms with Crippen LogP contribution in [0.2, 0.25) is 0 Å². The van der Waals surface area contributed by atoms with Gasteiger partial charge in [0.25, 0.3) is 0 Å². The molecular weight excluding hydrogens is 274 g/mol. The fraction of sp³-hybridized carbons (Fsp3) is 0.385. The lowest BCUT2D eigenvalue weighted by Gasteiger charge is -2.24. The number of rotatable bonds is 5. The lowest BCUT2D eigenvalue weighted by Crippen LogP contribution is -2.36. The number of aryl methyl sites for hydroxylation is 1. The summed E-state index contributed by atoms with van der Waals surface area (Å²) in [6.07, 6.45) is 2.87. The van der Waals surface area contributed by atoms with Crippen molar-refractivity contribution in [2.75, 3.05) is 25.0 Å². The Morgan fingerprint density at radius 2 is 2.14 bits per heavy atom. The highest BCUT2D eigenvalue weighted by atomic mass is 16.4. The third kappa shape index (κ3) is 2.64. The fourth-order valence-electron chi connectivity index (χ4n) is 2.18. The summed E-state index contributed by atoms with van der Waals surface area (Å²) in [4.78, 5) is 28.9. The number of carbonyl (C=O) groups excluding carboxylic acids is 1. The van der Waals surface area contributed by atoms with Gasteiger partial charge < -0.3 is 15.3 Å². The fourth-order valence-corrected chi connectivity index (χ4v) is 2.18. The monoisotopic (exact) mass is 291 g/mol. The second-order valence-corrected chi connectivity index (χ2v) is 4.52. The number of nitrogens with zero attached hydrogens (tertiary/aromatic N) is 4. The molecule has 2 heterocycles. The number of fused-ring (bicyclic) bond motifs is 1. The first-order valence-corrected chi connectivity index (χ1v) is 6.49. The van der Waals surface area contributed by atoms with Crippen molar-refractivity contribution in [3.8, 4) is 0 Å². The van der Waals surface area contributed by atoms with Crippen LogP contribution >= 0.6 is 0 Å². The molecule has 0 radical (unpaired) electrons. The third-order valence-electron chi connectivity index (χ3n) is 3.28. The summed E-state index contributed by atoms with van der Waals surface area (Å²) in [6.45, 7) is 2.42. The number of anilines is 1. The number of amides is 1. The normalized spacial score (nSPS) is 10.6. The third-order valence-corrected chi connectivity index (χ3v) is 3.28. The van der Waals surface area contributed by atoms with Crippen LogP contribution in [-0.2, 0) is 11.8 Å². The molecule has 21 heavy (non-hydrogen) atoms. The summed E-state index contributed by atoms with van der Waals surface area (Å²) in [7, 11) is 3.27. The van der Waals surface area contributed by atoms with E-state index in [1.54, 1.807) is 29.9 Å². The molecular formula is C13H17N5O3. The van der Waals surface area contributed by atoms with Gasteiger partial charge in [0, 0.05) is 26.8 Å². The zero-order valence-electron chi connectivity index (χ0n) is 12.1. The largest absolute Gasteiger partial charge is 0.478 e. The number of aromatic nitrogens is 3. The van der Waals surface area contributed by atoms with Crippen LogP contribution in [-0.4, -0.2) is 51.9 Å². The molecule has 112 valence electrons. The Kier molecular flexibility index (Phi) is 4.06. The van der Waals surface area contributed by atoms with Gasteiger partial charge in [-0.25, -0.2) is 9.78 Å². The van der Waals surface area contributed by atoms with Gasteiger partial charge in [-0.1, -0.05) is 0 Å². The predicted octanol–water partition coefficient (Wildman–Crippen LogP) is 0.239. The van der Waals surface area contributed by atoms with E-state index in [-0.39, 0.29) is 18.0 Å². The van der Waals surface area contributed by atoms with E-state index in [0.717, 1.165) is 0 Å². The Morgan fingerprint density at radius 1 is 1.43 bits per heavy atom. The van der Waals surface area contributed by atoms with Gasteiger partial charge in [-0.15, -0.1) is 0 Å². The van der Waals surface area contributed by atoms with E-state index in [1.807, 2.05) is 6.92 Å². The highest BCUT2D eigenvalue weighted by Gasteiger charge is 2.22. The number of hydrogen-bond acceptors (Lipinski definition) is 5. The van der Waals surface area contributed by atoms with E-state index in [9.17, 15) is 14.7 Å². The SMILES string of the molecule is CCN(CC(=O)NC)c1c(C(=O)O)cnc2c1cnn2C. The van der Waals surface area contributed by atoms with Crippen LogP contribution in [0.15, 0.2) is 12.4 Å². The molecule has 0 spiro atoms. The van der Waals surface area contributed by atoms with Crippen molar-refractivity contribution >= 4 is 28.6 Å². The van der Waals surface area contributed by atoms with E-state index in [4.69, 9.17) is 0 Å². The molecule has 8 nitrogen and oxygen atoms in total. The molecule has 2 N–H and O–H groups in total. The van der Waals surface area contributed by atoms with Crippen LogP contribution < -0.4 is 10.2 Å². The maximum Gasteiger partial charge on any atom is 0.339 e. The van der Waals surface area contributed by atoms with Crippen LogP contribution in [0.25, 0.3) is 11.0 Å². The van der Waals surface area contributed by atoms with Crippen molar-refractivity contribution in [3.05, 3.63) is 18.0 Å². The van der Waals surface area contributed by atoms with Crippen molar-refractivity contribution in [3.63, 3.8) is 0 Å². The lowest BCUT2D eigenvalue weighted by atomic mass is 10.1. The molecule has 2 aromatic heterocycles. The van der Waals surface area contributed by atoms with Crippen LogP contribution in [0.5, 0.6) is 0 Å². The van der Waals surface area contributed by atoms with Gasteiger partial charge in [0.05, 0.1) is 23.8 Å². The molecule has 1 amide bonds. The summed E-state index contributed by atoms with van der Waals surface area (Å²) in [5.74, 6) is -1.28. The molecule has 0 fully saturated rings. The molecule has 0 bridgehead atoms. The minimum atomic E-state index is -1.08. The summed E-state index contributed by atoms with van der Waals surface area (Å²) in [6, 6.07) is 0. The predicted molar refractivity (Wildman–Crippen MR) is 77.4 cm³/mol. The van der Waals surface area contributed by atoms with Gasteiger partial charge in [0.2, 0.25) is 5.91 Å². The van der Waals surface area contributed by atoms with Gasteiger partial charge in [-0.3, -0.25) is 9.48 Å². The zero-order valence-corrected chi connectivity index (χ0v) is 12.1. The molecule has 2 aromatic rings. The Labute approximate surface area is 121 Å². The molecule has 0 saturated heterocycles. The first-order valence-electron chi connectivity index (χ1n) is 6.49. The first kappa shape index (κ1) is 14.8. The number of aromatic carboxylic acids is 1. The number of hydrogen-bond donors (Lipinski definition) is 2. The van der Waals surface area contributed by atoms with Crippen LogP contribution in [0.1, 0.15) is 17.3 Å². The Bertz CT molecular complexity index is 694. The summed E-state index contributed by atoms with van der Waals surface area (Å²) in [5.41, 5.74) is 1.10. The number of carboxylic acid groups (broad SMARTS) is 1. The summed E-state index contributed by atoms with van der Waals surface area (Å²) < 4.78 is 1.57. The second-order valence-electron chi connectivity index (χ2n) is 4.52. The number of nitrogens with one attached hydrogen (secondary N) is 1. The average molecular weight is 291 g/mol. The minimum Gasteiger partial charge on any atom is -0.478 e. The quantitative estimate of drug-likeness (QED) is 0.818. The van der Waals surface area contributed by atoms with Crippen LogP contribution in [0, 0.1) is 0 Å². The van der Waals surface area contributed by atoms with Crippen LogP contribution in [0.3, 0.4) is 0 Å². The molecule has 0 aliphatic heterocycles. The van der Waals surface area contributed by atoms with E-state index in [1.165, 1.54) is 6.20 Å². The lowest BCUT2D eigenvalue weighted by molar-refractivity contribution is -0.119. The minimum absolute atomic E-state index is 0.0567. The molecule has 0 aromatic carbocycles. The topological polar surface area (TPSA) is 100 Å². The second kappa shape index (κ2) is 5.78. The van der Waals surface area contributed by atoms with Gasteiger partial charge in [0.1, 0.15) is 5.56 Å². The zero-order chi connectivity index (χ0) is 15.6. The van der Waals surface area contributed by atoms with E-state index >= 15 is 0 Å². The highest BCUT2D eigenvalue weighted by Crippen LogP contribution is 2.29. The average Bonchev–Trinajstić information content (AvgIpc) is 2.85. The Morgan fingerprint density at radius 3 is 2.71 bits per heavy atom. The Balaban J connectivity index is 2.64. The maximum atomic E-state index is 11.6. The van der Waals surface area contributed by atoms with Crippen molar-refractivity contribution in [2.45, 2.75) is 6.92 Å². The molecule has 2 rings (SSSR count). The molecule has 0 saturated carbocycles. The van der Waals surface area contributed by atoms with Gasteiger partial charge in [0.15, 0.2) is 5.65 Å². The van der Waals surface area contributed by atoms with E-state index < -0.39 is 5.97 Å². The maximum absolute atomic E-state index is 11.6. The number of likely N-dealkylation sites (N-methyl/N-ethyl adjacent to an activating group) is 2. The number of carbonyl (C=O) groups is 2. The van der Waals surface area contributed by atoms with Gasteiger partial charge in [-0.05, 0) is 6.92 Å². The van der Waals surface area contributed by atoms with Crippen molar-refractivity contribution in [1.29, 1.82) is 0 Å². The summed E-state index contributed by atoms with van der Waals surface area (Å²) >= 11 is 0. The van der Waals surface area contributed by atoms with E-state index in [0.29, 0.717) is 23.3 Å². The highest BCUT2D eigenvalue weighted by molar-refractivity contribution is 6.04. The van der Waals surface area contributed by atoms with E-state index in [2.05, 4.69) is 15.4 Å². The van der Waals surface area contributed by atoms with Crippen molar-refractivity contribution < 1.29 is 14.7 Å². The van der Waals surface area contributed by atoms with Crippen molar-refractivity contribution in [2.24, 2.45) is 7.05 Å². The number of pyridine rings is 1. The van der Waals surface area contributed by atoms with Gasteiger partial charge in [-0.2, -0.15) is 5.10 Å². The summed E-state index contributed by atoms with van der Waals surface area (Å²) in [5, 5.41) is 16.6. The standard InChI is InChI=1S/C13H17N5O3/c1-4-18(7-10(19)14-2)11-8-6-16-17(3)12(8)15-5-9(11)13(20)21/h5-6H,4,7H2,1-3H3,(H,14,19)(H,20,21). The van der Waals surface area contributed by atoms with Gasteiger partial charge >= 0.3 is 5.97 Å².